The van der Waals surface area contributed by atoms with E-state index in [1.807, 2.05) is 0 Å². The van der Waals surface area contributed by atoms with E-state index in [2.05, 4.69) is 4.72 Å². The molecule has 0 bridgehead atoms. The fraction of sp³-hybridized carbons (Fsp3) is 0.455. The van der Waals surface area contributed by atoms with Crippen molar-refractivity contribution in [1.29, 1.82) is 0 Å². The lowest BCUT2D eigenvalue weighted by atomic mass is 10.2. The highest BCUT2D eigenvalue weighted by Gasteiger charge is 2.12. The van der Waals surface area contributed by atoms with Gasteiger partial charge in [0, 0.05) is 18.8 Å². The molecule has 0 radical (unpaired) electrons. The standard InChI is InChI=1S/C11H18N2O3S/c12-10-4-6-11(7-5-10)17(15,16)13-8-2-1-3-9-14/h4-7,13-14H,1-3,8-9,12H2. The molecule has 0 heterocycles. The van der Waals surface area contributed by atoms with Gasteiger partial charge in [-0.3, -0.25) is 0 Å². The first kappa shape index (κ1) is 14.0. The van der Waals surface area contributed by atoms with Crippen molar-refractivity contribution in [2.45, 2.75) is 24.2 Å². The van der Waals surface area contributed by atoms with Crippen molar-refractivity contribution in [2.75, 3.05) is 18.9 Å². The fourth-order valence-electron chi connectivity index (χ4n) is 1.35. The van der Waals surface area contributed by atoms with E-state index in [-0.39, 0.29) is 11.5 Å². The summed E-state index contributed by atoms with van der Waals surface area (Å²) in [5.74, 6) is 0. The van der Waals surface area contributed by atoms with Crippen molar-refractivity contribution in [2.24, 2.45) is 0 Å². The van der Waals surface area contributed by atoms with E-state index in [9.17, 15) is 8.42 Å². The first-order chi connectivity index (χ1) is 8.06. The highest BCUT2D eigenvalue weighted by molar-refractivity contribution is 7.89. The van der Waals surface area contributed by atoms with E-state index in [4.69, 9.17) is 10.8 Å². The van der Waals surface area contributed by atoms with E-state index < -0.39 is 10.0 Å². The zero-order chi connectivity index (χ0) is 12.7. The van der Waals surface area contributed by atoms with Gasteiger partial charge in [0.1, 0.15) is 0 Å². The molecule has 0 aliphatic carbocycles. The second kappa shape index (κ2) is 6.58. The molecule has 1 aromatic carbocycles. The second-order valence-electron chi connectivity index (χ2n) is 3.75. The Balaban J connectivity index is 2.48. The molecule has 0 fully saturated rings. The van der Waals surface area contributed by atoms with Crippen molar-refractivity contribution in [3.05, 3.63) is 24.3 Å². The van der Waals surface area contributed by atoms with Gasteiger partial charge in [-0.15, -0.1) is 0 Å². The number of aliphatic hydroxyl groups excluding tert-OH is 1. The Morgan fingerprint density at radius 2 is 1.76 bits per heavy atom. The Morgan fingerprint density at radius 1 is 1.12 bits per heavy atom. The average Bonchev–Trinajstić information content (AvgIpc) is 2.29. The van der Waals surface area contributed by atoms with Crippen LogP contribution in [-0.2, 0) is 10.0 Å². The van der Waals surface area contributed by atoms with Gasteiger partial charge in [0.2, 0.25) is 10.0 Å². The maximum atomic E-state index is 11.8. The molecular formula is C11H18N2O3S. The number of hydrogen-bond donors (Lipinski definition) is 3. The SMILES string of the molecule is Nc1ccc(S(=O)(=O)NCCCCCO)cc1. The van der Waals surface area contributed by atoms with Crippen molar-refractivity contribution in [1.82, 2.24) is 4.72 Å². The molecule has 0 amide bonds. The predicted octanol–water partition coefficient (Wildman–Crippen LogP) is 0.710. The molecule has 0 aliphatic heterocycles. The summed E-state index contributed by atoms with van der Waals surface area (Å²) in [5.41, 5.74) is 6.02. The number of benzene rings is 1. The zero-order valence-corrected chi connectivity index (χ0v) is 10.4. The van der Waals surface area contributed by atoms with Gasteiger partial charge in [-0.1, -0.05) is 0 Å². The predicted molar refractivity (Wildman–Crippen MR) is 67.0 cm³/mol. The van der Waals surface area contributed by atoms with E-state index >= 15 is 0 Å². The van der Waals surface area contributed by atoms with E-state index in [1.165, 1.54) is 12.1 Å². The fourth-order valence-corrected chi connectivity index (χ4v) is 2.42. The Hall–Kier alpha value is -1.11. The quantitative estimate of drug-likeness (QED) is 0.496. The van der Waals surface area contributed by atoms with Crippen molar-refractivity contribution < 1.29 is 13.5 Å². The zero-order valence-electron chi connectivity index (χ0n) is 9.59. The number of anilines is 1. The first-order valence-corrected chi connectivity index (χ1v) is 7.00. The summed E-state index contributed by atoms with van der Waals surface area (Å²) in [6.45, 7) is 0.525. The van der Waals surface area contributed by atoms with Crippen LogP contribution in [0.4, 0.5) is 5.69 Å². The van der Waals surface area contributed by atoms with Crippen LogP contribution in [0.15, 0.2) is 29.2 Å². The molecule has 4 N–H and O–H groups in total. The Bertz CT molecular complexity index is 429. The van der Waals surface area contributed by atoms with Gasteiger partial charge < -0.3 is 10.8 Å². The molecule has 0 aliphatic rings. The number of sulfonamides is 1. The summed E-state index contributed by atoms with van der Waals surface area (Å²) < 4.78 is 26.1. The third kappa shape index (κ3) is 4.72. The molecule has 0 saturated heterocycles. The second-order valence-corrected chi connectivity index (χ2v) is 5.52. The van der Waals surface area contributed by atoms with Crippen LogP contribution >= 0.6 is 0 Å². The third-order valence-corrected chi connectivity index (χ3v) is 3.79. The molecule has 0 aromatic heterocycles. The molecular weight excluding hydrogens is 240 g/mol. The lowest BCUT2D eigenvalue weighted by molar-refractivity contribution is 0.283. The number of nitrogens with one attached hydrogen (secondary N) is 1. The Labute approximate surface area is 102 Å². The smallest absolute Gasteiger partial charge is 0.240 e. The van der Waals surface area contributed by atoms with E-state index in [0.29, 0.717) is 18.7 Å². The van der Waals surface area contributed by atoms with Gasteiger partial charge in [0.25, 0.3) is 0 Å². The maximum Gasteiger partial charge on any atom is 0.240 e. The minimum Gasteiger partial charge on any atom is -0.399 e. The lowest BCUT2D eigenvalue weighted by Gasteiger charge is -2.06. The van der Waals surface area contributed by atoms with E-state index in [0.717, 1.165) is 12.8 Å². The van der Waals surface area contributed by atoms with Crippen molar-refractivity contribution in [3.8, 4) is 0 Å². The minimum atomic E-state index is -3.43. The topological polar surface area (TPSA) is 92.4 Å². The minimum absolute atomic E-state index is 0.144. The van der Waals surface area contributed by atoms with Crippen LogP contribution in [0.3, 0.4) is 0 Å². The first-order valence-electron chi connectivity index (χ1n) is 5.52. The molecule has 0 unspecified atom stereocenters. The van der Waals surface area contributed by atoms with Crippen LogP contribution in [0.25, 0.3) is 0 Å². The molecule has 0 atom stereocenters. The highest BCUT2D eigenvalue weighted by atomic mass is 32.2. The number of rotatable bonds is 7. The maximum absolute atomic E-state index is 11.8. The molecule has 1 rings (SSSR count). The van der Waals surface area contributed by atoms with Gasteiger partial charge >= 0.3 is 0 Å². The number of nitrogens with two attached hydrogens (primary N) is 1. The van der Waals surface area contributed by atoms with Crippen molar-refractivity contribution >= 4 is 15.7 Å². The van der Waals surface area contributed by atoms with Crippen LogP contribution in [0.2, 0.25) is 0 Å². The van der Waals surface area contributed by atoms with Gasteiger partial charge in [0.05, 0.1) is 4.90 Å². The third-order valence-electron chi connectivity index (χ3n) is 2.32. The summed E-state index contributed by atoms with van der Waals surface area (Å²) >= 11 is 0. The highest BCUT2D eigenvalue weighted by Crippen LogP contribution is 2.11. The van der Waals surface area contributed by atoms with Crippen LogP contribution in [0.5, 0.6) is 0 Å². The summed E-state index contributed by atoms with van der Waals surface area (Å²) in [7, 11) is -3.43. The lowest BCUT2D eigenvalue weighted by Crippen LogP contribution is -2.24. The summed E-state index contributed by atoms with van der Waals surface area (Å²) in [6.07, 6.45) is 2.22. The van der Waals surface area contributed by atoms with Crippen LogP contribution < -0.4 is 10.5 Å². The number of aliphatic hydroxyl groups is 1. The van der Waals surface area contributed by atoms with Gasteiger partial charge in [-0.25, -0.2) is 13.1 Å². The van der Waals surface area contributed by atoms with E-state index in [1.54, 1.807) is 12.1 Å². The Kier molecular flexibility index (Phi) is 5.40. The summed E-state index contributed by atoms with van der Waals surface area (Å²) in [5, 5.41) is 8.58. The van der Waals surface area contributed by atoms with Gasteiger partial charge in [0.15, 0.2) is 0 Å². The normalized spacial score (nSPS) is 11.6. The molecule has 5 nitrogen and oxygen atoms in total. The number of unbranched alkanes of at least 4 members (excludes halogenated alkanes) is 2. The number of hydrogen-bond acceptors (Lipinski definition) is 4. The molecule has 17 heavy (non-hydrogen) atoms. The van der Waals surface area contributed by atoms with Crippen molar-refractivity contribution in [3.63, 3.8) is 0 Å². The largest absolute Gasteiger partial charge is 0.399 e. The summed E-state index contributed by atoms with van der Waals surface area (Å²) in [6, 6.07) is 6.07. The van der Waals surface area contributed by atoms with Crippen LogP contribution in [0.1, 0.15) is 19.3 Å². The Morgan fingerprint density at radius 3 is 2.35 bits per heavy atom. The van der Waals surface area contributed by atoms with Crippen LogP contribution in [-0.4, -0.2) is 26.7 Å². The van der Waals surface area contributed by atoms with Gasteiger partial charge in [-0.2, -0.15) is 0 Å². The molecule has 0 spiro atoms. The molecule has 1 aromatic rings. The van der Waals surface area contributed by atoms with Crippen LogP contribution in [0, 0.1) is 0 Å². The van der Waals surface area contributed by atoms with Gasteiger partial charge in [-0.05, 0) is 43.5 Å². The molecule has 0 saturated carbocycles. The molecule has 6 heteroatoms. The summed E-state index contributed by atoms with van der Waals surface area (Å²) in [4.78, 5) is 0.217. The molecule has 96 valence electrons. The average molecular weight is 258 g/mol. The monoisotopic (exact) mass is 258 g/mol. The number of nitrogen functional groups attached to an aromatic ring is 1.